The highest BCUT2D eigenvalue weighted by atomic mass is 19.4. The summed E-state index contributed by atoms with van der Waals surface area (Å²) in [5, 5.41) is 9.53. The predicted octanol–water partition coefficient (Wildman–Crippen LogP) is 12.2. The highest BCUT2D eigenvalue weighted by Gasteiger charge is 2.33. The number of carbonyl (C=O) groups is 3. The van der Waals surface area contributed by atoms with E-state index in [0.717, 1.165) is 30.3 Å². The second-order valence-electron chi connectivity index (χ2n) is 13.9. The molecule has 0 radical (unpaired) electrons. The van der Waals surface area contributed by atoms with E-state index in [4.69, 9.17) is 9.47 Å². The first-order chi connectivity index (χ1) is 28.7. The molecule has 0 bridgehead atoms. The van der Waals surface area contributed by atoms with E-state index in [1.165, 1.54) is 67.6 Å². The van der Waals surface area contributed by atoms with Crippen molar-refractivity contribution in [3.8, 4) is 28.4 Å². The molecule has 0 aliphatic heterocycles. The monoisotopic (exact) mass is 851 g/mol. The molecule has 0 fully saturated rings. The molecule has 0 aliphatic rings. The van der Waals surface area contributed by atoms with Crippen molar-refractivity contribution in [2.45, 2.75) is 59.2 Å². The average Bonchev–Trinajstić information content (AvgIpc) is 3.59. The molecule has 6 aromatic rings. The number of Topliss-reactive ketones (excluding diaryl/α,β-unsaturated/α-hetero) is 2. The molecular formula is C46H37F8NO6. The van der Waals surface area contributed by atoms with Crippen molar-refractivity contribution < 1.29 is 64.1 Å². The SMILES string of the molecule is CC(=O)CCC(=O)c1cc(C(F)(F)F)ccc1OCc1ccc(F)cc1.Cc1ccc(-n2c(C)ccc2-c2cc(C(F)(F)F)ccc2OCc2ccc(F)cc2)cc1C(=O)O. The normalized spacial score (nSPS) is 11.4. The van der Waals surface area contributed by atoms with Gasteiger partial charge in [0.1, 0.15) is 42.1 Å². The molecular weight excluding hydrogens is 814 g/mol. The van der Waals surface area contributed by atoms with Gasteiger partial charge in [-0.3, -0.25) is 4.79 Å². The number of ketones is 2. The van der Waals surface area contributed by atoms with Gasteiger partial charge in [0.05, 0.1) is 27.9 Å². The van der Waals surface area contributed by atoms with Crippen molar-refractivity contribution in [1.29, 1.82) is 0 Å². The van der Waals surface area contributed by atoms with Crippen LogP contribution in [0.15, 0.2) is 115 Å². The summed E-state index contributed by atoms with van der Waals surface area (Å²) in [6, 6.07) is 25.1. The van der Waals surface area contributed by atoms with E-state index in [1.807, 2.05) is 0 Å². The Morgan fingerprint density at radius 2 is 1.13 bits per heavy atom. The Balaban J connectivity index is 0.000000242. The summed E-state index contributed by atoms with van der Waals surface area (Å²) in [5.41, 5.74) is 1.63. The molecule has 0 aliphatic carbocycles. The van der Waals surface area contributed by atoms with Gasteiger partial charge in [0.25, 0.3) is 0 Å². The van der Waals surface area contributed by atoms with Gasteiger partial charge in [0.2, 0.25) is 0 Å². The number of halogens is 8. The summed E-state index contributed by atoms with van der Waals surface area (Å²) in [4.78, 5) is 34.9. The number of aromatic nitrogens is 1. The van der Waals surface area contributed by atoms with Crippen molar-refractivity contribution in [2.24, 2.45) is 0 Å². The smallest absolute Gasteiger partial charge is 0.416 e. The van der Waals surface area contributed by atoms with E-state index < -0.39 is 46.9 Å². The van der Waals surface area contributed by atoms with E-state index in [2.05, 4.69) is 0 Å². The molecule has 0 saturated carbocycles. The maximum atomic E-state index is 13.6. The van der Waals surface area contributed by atoms with Gasteiger partial charge in [-0.05, 0) is 122 Å². The molecule has 0 spiro atoms. The Bertz CT molecular complexity index is 2520. The Labute approximate surface area is 344 Å². The fraction of sp³-hybridized carbons (Fsp3) is 0.196. The topological polar surface area (TPSA) is 94.8 Å². The van der Waals surface area contributed by atoms with Crippen LogP contribution in [0.1, 0.15) is 74.0 Å². The van der Waals surface area contributed by atoms with E-state index in [9.17, 15) is 54.6 Å². The van der Waals surface area contributed by atoms with Gasteiger partial charge < -0.3 is 23.9 Å². The Morgan fingerprint density at radius 1 is 0.607 bits per heavy atom. The number of nitrogens with zero attached hydrogens (tertiary/aromatic N) is 1. The van der Waals surface area contributed by atoms with Crippen molar-refractivity contribution in [2.75, 3.05) is 0 Å². The van der Waals surface area contributed by atoms with Crippen LogP contribution < -0.4 is 9.47 Å². The lowest BCUT2D eigenvalue weighted by Gasteiger charge is -2.18. The van der Waals surface area contributed by atoms with Gasteiger partial charge in [-0.15, -0.1) is 0 Å². The molecule has 61 heavy (non-hydrogen) atoms. The summed E-state index contributed by atoms with van der Waals surface area (Å²) in [7, 11) is 0. The average molecular weight is 852 g/mol. The van der Waals surface area contributed by atoms with Crippen LogP contribution >= 0.6 is 0 Å². The van der Waals surface area contributed by atoms with Crippen molar-refractivity contribution in [1.82, 2.24) is 4.57 Å². The maximum absolute atomic E-state index is 13.6. The summed E-state index contributed by atoms with van der Waals surface area (Å²) in [6.07, 6.45) is -9.45. The summed E-state index contributed by atoms with van der Waals surface area (Å²) < 4.78 is 119. The van der Waals surface area contributed by atoms with Crippen LogP contribution in [0, 0.1) is 25.5 Å². The van der Waals surface area contributed by atoms with Crippen LogP contribution in [0.5, 0.6) is 11.5 Å². The molecule has 5 aromatic carbocycles. The minimum Gasteiger partial charge on any atom is -0.488 e. The fourth-order valence-electron chi connectivity index (χ4n) is 6.06. The first kappa shape index (κ1) is 45.3. The number of benzene rings is 5. The first-order valence-corrected chi connectivity index (χ1v) is 18.4. The predicted molar refractivity (Wildman–Crippen MR) is 210 cm³/mol. The van der Waals surface area contributed by atoms with Gasteiger partial charge in [0, 0.05) is 29.8 Å². The lowest BCUT2D eigenvalue weighted by molar-refractivity contribution is -0.138. The summed E-state index contributed by atoms with van der Waals surface area (Å²) >= 11 is 0. The molecule has 1 aromatic heterocycles. The highest BCUT2D eigenvalue weighted by molar-refractivity contribution is 6.00. The van der Waals surface area contributed by atoms with Crippen LogP contribution in [0.2, 0.25) is 0 Å². The minimum atomic E-state index is -4.61. The molecule has 1 N–H and O–H groups in total. The van der Waals surface area contributed by atoms with E-state index in [1.54, 1.807) is 42.7 Å². The molecule has 318 valence electrons. The van der Waals surface area contributed by atoms with Crippen LogP contribution in [-0.2, 0) is 30.4 Å². The number of ether oxygens (including phenoxy) is 2. The van der Waals surface area contributed by atoms with Crippen LogP contribution in [0.3, 0.4) is 0 Å². The molecule has 0 amide bonds. The van der Waals surface area contributed by atoms with Crippen LogP contribution in [0.4, 0.5) is 35.1 Å². The lowest BCUT2D eigenvalue weighted by atomic mass is 10.0. The standard InChI is InChI=1S/C27H21F4NO3.C19H16F4O3/c1-16-3-10-21(14-22(16)26(33)34)32-17(2)4-11-24(32)23-13-19(27(29,30)31)7-12-25(23)35-15-18-5-8-20(28)9-6-18;1-12(24)2-8-17(25)16-10-14(19(21,22)23)5-9-18(16)26-11-13-3-6-15(20)7-4-13/h3-14H,15H2,1-2H3,(H,33,34);3-7,9-10H,2,8,11H2,1H3. The zero-order valence-electron chi connectivity index (χ0n) is 32.8. The fourth-order valence-corrected chi connectivity index (χ4v) is 6.06. The number of hydrogen-bond acceptors (Lipinski definition) is 5. The van der Waals surface area contributed by atoms with Crippen LogP contribution in [0.25, 0.3) is 16.9 Å². The number of carboxylic acid groups (broad SMARTS) is 1. The second kappa shape index (κ2) is 19.1. The Kier molecular flexibility index (Phi) is 14.2. The van der Waals surface area contributed by atoms with E-state index in [0.29, 0.717) is 33.8 Å². The third-order valence-electron chi connectivity index (χ3n) is 9.30. The zero-order chi connectivity index (χ0) is 44.6. The Hall–Kier alpha value is -6.77. The molecule has 0 saturated heterocycles. The molecule has 0 atom stereocenters. The molecule has 7 nitrogen and oxygen atoms in total. The lowest BCUT2D eigenvalue weighted by Crippen LogP contribution is -2.10. The van der Waals surface area contributed by atoms with E-state index >= 15 is 0 Å². The number of aromatic carboxylic acids is 1. The highest BCUT2D eigenvalue weighted by Crippen LogP contribution is 2.40. The molecule has 15 heteroatoms. The quantitative estimate of drug-likeness (QED) is 0.0918. The number of rotatable bonds is 13. The first-order valence-electron chi connectivity index (χ1n) is 18.4. The maximum Gasteiger partial charge on any atom is 0.416 e. The third kappa shape index (κ3) is 11.9. The molecule has 0 unspecified atom stereocenters. The third-order valence-corrected chi connectivity index (χ3v) is 9.30. The van der Waals surface area contributed by atoms with Gasteiger partial charge in [-0.2, -0.15) is 26.3 Å². The van der Waals surface area contributed by atoms with E-state index in [-0.39, 0.29) is 60.0 Å². The zero-order valence-corrected chi connectivity index (χ0v) is 32.8. The molecule has 6 rings (SSSR count). The summed E-state index contributed by atoms with van der Waals surface area (Å²) in [6.45, 7) is 4.72. The second-order valence-corrected chi connectivity index (χ2v) is 13.9. The number of hydrogen-bond donors (Lipinski definition) is 1. The van der Waals surface area contributed by atoms with Crippen molar-refractivity contribution >= 4 is 17.5 Å². The van der Waals surface area contributed by atoms with Crippen molar-refractivity contribution in [3.05, 3.63) is 172 Å². The minimum absolute atomic E-state index is 0.0177. The summed E-state index contributed by atoms with van der Waals surface area (Å²) in [5.74, 6) is -2.60. The largest absolute Gasteiger partial charge is 0.488 e. The Morgan fingerprint density at radius 3 is 1.66 bits per heavy atom. The number of carbonyl (C=O) groups excluding carboxylic acids is 2. The van der Waals surface area contributed by atoms with Gasteiger partial charge in [0.15, 0.2) is 5.78 Å². The van der Waals surface area contributed by atoms with Crippen LogP contribution in [-0.4, -0.2) is 27.2 Å². The molecule has 1 heterocycles. The number of carboxylic acids is 1. The number of alkyl halides is 6. The van der Waals surface area contributed by atoms with Gasteiger partial charge in [-0.25, -0.2) is 13.6 Å². The van der Waals surface area contributed by atoms with Gasteiger partial charge >= 0.3 is 18.3 Å². The van der Waals surface area contributed by atoms with Crippen molar-refractivity contribution in [3.63, 3.8) is 0 Å². The van der Waals surface area contributed by atoms with Gasteiger partial charge in [-0.1, -0.05) is 30.3 Å². The number of aryl methyl sites for hydroxylation is 2.